The third-order valence-electron chi connectivity index (χ3n) is 5.95. The van der Waals surface area contributed by atoms with Crippen LogP contribution in [0.15, 0.2) is 42.7 Å². The lowest BCUT2D eigenvalue weighted by Crippen LogP contribution is -2.42. The van der Waals surface area contributed by atoms with Crippen molar-refractivity contribution in [2.24, 2.45) is 0 Å². The Balaban J connectivity index is 0.00000245. The number of nitrogens with one attached hydrogen (secondary N) is 2. The molecule has 3 aromatic rings. The van der Waals surface area contributed by atoms with Gasteiger partial charge in [0.2, 0.25) is 0 Å². The summed E-state index contributed by atoms with van der Waals surface area (Å²) in [6.45, 7) is 4.88. The van der Waals surface area contributed by atoms with Gasteiger partial charge in [0.25, 0.3) is 0 Å². The first-order chi connectivity index (χ1) is 15.3. The van der Waals surface area contributed by atoms with Crippen molar-refractivity contribution < 1.29 is 9.84 Å². The fourth-order valence-corrected chi connectivity index (χ4v) is 4.17. The monoisotopic (exact) mass is 454 g/mol. The van der Waals surface area contributed by atoms with Gasteiger partial charge in [0.05, 0.1) is 30.0 Å². The number of benzene rings is 1. The average Bonchev–Trinajstić information content (AvgIpc) is 2.83. The summed E-state index contributed by atoms with van der Waals surface area (Å²) in [6.07, 6.45) is 4.98. The summed E-state index contributed by atoms with van der Waals surface area (Å²) >= 11 is 0. The van der Waals surface area contributed by atoms with Crippen molar-refractivity contribution >= 4 is 36.0 Å². The quantitative estimate of drug-likeness (QED) is 0.540. The minimum Gasteiger partial charge on any atom is -0.393 e. The van der Waals surface area contributed by atoms with E-state index in [9.17, 15) is 5.11 Å². The van der Waals surface area contributed by atoms with Gasteiger partial charge in [-0.3, -0.25) is 4.98 Å². The van der Waals surface area contributed by atoms with Crippen molar-refractivity contribution in [1.82, 2.24) is 20.3 Å². The van der Waals surface area contributed by atoms with Crippen molar-refractivity contribution in [2.75, 3.05) is 49.5 Å². The number of rotatable bonds is 5. The number of nitrogens with zero attached hydrogens (tertiary/aromatic N) is 4. The molecule has 1 aromatic carbocycles. The second-order valence-corrected chi connectivity index (χ2v) is 8.12. The van der Waals surface area contributed by atoms with Gasteiger partial charge in [0.15, 0.2) is 5.82 Å². The third-order valence-corrected chi connectivity index (χ3v) is 5.95. The molecule has 3 N–H and O–H groups in total. The molecular weight excluding hydrogens is 424 g/mol. The van der Waals surface area contributed by atoms with Gasteiger partial charge >= 0.3 is 0 Å². The number of aromatic nitrogens is 3. The SMILES string of the molecule is OC1CCN(c2ccc(-c3cc4nccnc4c(NC[C@@H]4CNCCO4)n3)cc2)CC1.S. The maximum absolute atomic E-state index is 9.74. The van der Waals surface area contributed by atoms with Crippen LogP contribution in [0.1, 0.15) is 12.8 Å². The zero-order chi connectivity index (χ0) is 21.0. The van der Waals surface area contributed by atoms with E-state index in [-0.39, 0.29) is 25.7 Å². The number of aliphatic hydroxyl groups is 1. The molecule has 0 amide bonds. The van der Waals surface area contributed by atoms with E-state index in [0.29, 0.717) is 6.54 Å². The molecule has 0 unspecified atom stereocenters. The Bertz CT molecular complexity index is 1020. The van der Waals surface area contributed by atoms with E-state index < -0.39 is 0 Å². The van der Waals surface area contributed by atoms with Crippen molar-refractivity contribution in [2.45, 2.75) is 25.0 Å². The highest BCUT2D eigenvalue weighted by atomic mass is 32.1. The molecule has 4 heterocycles. The van der Waals surface area contributed by atoms with Crippen LogP contribution in [0.4, 0.5) is 11.5 Å². The van der Waals surface area contributed by atoms with Crippen molar-refractivity contribution in [3.63, 3.8) is 0 Å². The standard InChI is InChI=1S/C23H28N6O2.H2S/c30-18-5-10-29(11-6-18)17-3-1-16(2-4-17)20-13-21-22(26-8-7-25-21)23(28-20)27-15-19-14-24-9-12-31-19;/h1-4,7-8,13,18-19,24,30H,5-6,9-12,14-15H2,(H,27,28);1H2/t19-;/m0./s1. The normalized spacial score (nSPS) is 19.5. The predicted octanol–water partition coefficient (Wildman–Crippen LogP) is 2.17. The minimum atomic E-state index is -0.167. The van der Waals surface area contributed by atoms with Gasteiger partial charge in [-0.1, -0.05) is 12.1 Å². The lowest BCUT2D eigenvalue weighted by Gasteiger charge is -2.31. The summed E-state index contributed by atoms with van der Waals surface area (Å²) in [7, 11) is 0. The van der Waals surface area contributed by atoms with Crippen LogP contribution in [0.2, 0.25) is 0 Å². The summed E-state index contributed by atoms with van der Waals surface area (Å²) in [6, 6.07) is 10.4. The maximum Gasteiger partial charge on any atom is 0.154 e. The summed E-state index contributed by atoms with van der Waals surface area (Å²) in [5, 5.41) is 16.5. The zero-order valence-corrected chi connectivity index (χ0v) is 19.0. The van der Waals surface area contributed by atoms with E-state index >= 15 is 0 Å². The number of piperidine rings is 1. The van der Waals surface area contributed by atoms with Gasteiger partial charge < -0.3 is 25.4 Å². The Hall–Kier alpha value is -2.46. The van der Waals surface area contributed by atoms with Crippen molar-refractivity contribution in [3.05, 3.63) is 42.7 Å². The highest BCUT2D eigenvalue weighted by Gasteiger charge is 2.18. The number of ether oxygens (including phenoxy) is 1. The van der Waals surface area contributed by atoms with Crippen molar-refractivity contribution in [3.8, 4) is 11.3 Å². The first-order valence-corrected chi connectivity index (χ1v) is 11.0. The van der Waals surface area contributed by atoms with Gasteiger partial charge in [-0.05, 0) is 31.0 Å². The molecule has 1 atom stereocenters. The van der Waals surface area contributed by atoms with E-state index in [0.717, 1.165) is 73.7 Å². The molecule has 0 saturated carbocycles. The van der Waals surface area contributed by atoms with E-state index in [1.54, 1.807) is 12.4 Å². The van der Waals surface area contributed by atoms with Gasteiger partial charge in [0.1, 0.15) is 5.52 Å². The van der Waals surface area contributed by atoms with E-state index in [1.165, 1.54) is 5.69 Å². The van der Waals surface area contributed by atoms with Crippen LogP contribution < -0.4 is 15.5 Å². The summed E-state index contributed by atoms with van der Waals surface area (Å²) in [4.78, 5) is 16.2. The number of hydrogen-bond donors (Lipinski definition) is 3. The zero-order valence-electron chi connectivity index (χ0n) is 18.0. The molecule has 0 spiro atoms. The van der Waals surface area contributed by atoms with E-state index in [2.05, 4.69) is 49.8 Å². The fourth-order valence-electron chi connectivity index (χ4n) is 4.17. The summed E-state index contributed by atoms with van der Waals surface area (Å²) < 4.78 is 5.79. The lowest BCUT2D eigenvalue weighted by atomic mass is 10.1. The van der Waals surface area contributed by atoms with Crippen LogP contribution in [-0.2, 0) is 4.74 Å². The number of aliphatic hydroxyl groups excluding tert-OH is 1. The van der Waals surface area contributed by atoms with Gasteiger partial charge in [0, 0.05) is 56.4 Å². The molecule has 9 heteroatoms. The second-order valence-electron chi connectivity index (χ2n) is 8.12. The maximum atomic E-state index is 9.74. The molecule has 2 saturated heterocycles. The minimum absolute atomic E-state index is 0. The fraction of sp³-hybridized carbons (Fsp3) is 0.435. The molecule has 0 bridgehead atoms. The number of pyridine rings is 1. The molecule has 0 aliphatic carbocycles. The number of morpholine rings is 1. The molecule has 2 aliphatic rings. The van der Waals surface area contributed by atoms with E-state index in [4.69, 9.17) is 9.72 Å². The Morgan fingerprint density at radius 1 is 1.12 bits per heavy atom. The van der Waals surface area contributed by atoms with Gasteiger partial charge in [-0.2, -0.15) is 13.5 Å². The smallest absolute Gasteiger partial charge is 0.154 e. The molecule has 32 heavy (non-hydrogen) atoms. The summed E-state index contributed by atoms with van der Waals surface area (Å²) in [5.41, 5.74) is 4.65. The van der Waals surface area contributed by atoms with Crippen LogP contribution in [0, 0.1) is 0 Å². The van der Waals surface area contributed by atoms with Gasteiger partial charge in [-0.25, -0.2) is 9.97 Å². The largest absolute Gasteiger partial charge is 0.393 e. The molecule has 0 radical (unpaired) electrons. The molecule has 5 rings (SSSR count). The van der Waals surface area contributed by atoms with Crippen LogP contribution in [-0.4, -0.2) is 71.6 Å². The first kappa shape index (κ1) is 22.7. The Labute approximate surface area is 194 Å². The van der Waals surface area contributed by atoms with Gasteiger partial charge in [-0.15, -0.1) is 0 Å². The Morgan fingerprint density at radius 2 is 1.91 bits per heavy atom. The average molecular weight is 455 g/mol. The van der Waals surface area contributed by atoms with Crippen molar-refractivity contribution in [1.29, 1.82) is 0 Å². The molecule has 2 aromatic heterocycles. The van der Waals surface area contributed by atoms with E-state index in [1.807, 2.05) is 6.07 Å². The topological polar surface area (TPSA) is 95.4 Å². The van der Waals surface area contributed by atoms with Crippen LogP contribution >= 0.6 is 13.5 Å². The van der Waals surface area contributed by atoms with Crippen LogP contribution in [0.25, 0.3) is 22.3 Å². The second kappa shape index (κ2) is 10.4. The lowest BCUT2D eigenvalue weighted by molar-refractivity contribution is 0.0372. The molecule has 2 aliphatic heterocycles. The Morgan fingerprint density at radius 3 is 2.66 bits per heavy atom. The van der Waals surface area contributed by atoms with Crippen LogP contribution in [0.3, 0.4) is 0 Å². The Kier molecular flexibility index (Phi) is 7.41. The third kappa shape index (κ3) is 5.12. The summed E-state index contributed by atoms with van der Waals surface area (Å²) in [5.74, 6) is 0.726. The number of fused-ring (bicyclic) bond motifs is 1. The van der Waals surface area contributed by atoms with Crippen LogP contribution in [0.5, 0.6) is 0 Å². The molecule has 2 fully saturated rings. The first-order valence-electron chi connectivity index (χ1n) is 11.0. The number of anilines is 2. The highest BCUT2D eigenvalue weighted by Crippen LogP contribution is 2.28. The predicted molar refractivity (Wildman–Crippen MR) is 132 cm³/mol. The highest BCUT2D eigenvalue weighted by molar-refractivity contribution is 7.59. The molecule has 170 valence electrons. The molecule has 8 nitrogen and oxygen atoms in total. The molecular formula is C23H30N6O2S. The number of hydrogen-bond acceptors (Lipinski definition) is 8.